The molecule has 3 nitrogen and oxygen atoms in total. The zero-order valence-corrected chi connectivity index (χ0v) is 13.1. The Kier molecular flexibility index (Phi) is 4.53. The Labute approximate surface area is 122 Å². The molecule has 1 aromatic carbocycles. The molecule has 0 amide bonds. The molecule has 0 saturated heterocycles. The molecule has 0 saturated carbocycles. The van der Waals surface area contributed by atoms with E-state index in [4.69, 9.17) is 0 Å². The minimum Gasteiger partial charge on any atom is -0.370 e. The van der Waals surface area contributed by atoms with Crippen LogP contribution in [0.3, 0.4) is 0 Å². The Balaban J connectivity index is 2.37. The lowest BCUT2D eigenvalue weighted by Crippen LogP contribution is -2.04. The predicted octanol–water partition coefficient (Wildman–Crippen LogP) is 4.34. The maximum absolute atomic E-state index is 4.57. The van der Waals surface area contributed by atoms with Crippen molar-refractivity contribution < 1.29 is 0 Å². The van der Waals surface area contributed by atoms with E-state index in [0.717, 1.165) is 40.3 Å². The Morgan fingerprint density at radius 2 is 1.95 bits per heavy atom. The largest absolute Gasteiger partial charge is 0.370 e. The summed E-state index contributed by atoms with van der Waals surface area (Å²) in [6.07, 6.45) is 1.08. The number of aryl methyl sites for hydroxylation is 2. The number of hydrogen-bond donors (Lipinski definition) is 1. The van der Waals surface area contributed by atoms with Crippen LogP contribution < -0.4 is 5.32 Å². The van der Waals surface area contributed by atoms with E-state index in [1.54, 1.807) is 0 Å². The second-order valence-electron chi connectivity index (χ2n) is 4.61. The summed E-state index contributed by atoms with van der Waals surface area (Å²) in [5, 5.41) is 3.31. The van der Waals surface area contributed by atoms with Gasteiger partial charge in [0.25, 0.3) is 0 Å². The fourth-order valence-electron chi connectivity index (χ4n) is 1.83. The molecule has 2 rings (SSSR count). The minimum absolute atomic E-state index is 0.772. The highest BCUT2D eigenvalue weighted by Crippen LogP contribution is 2.23. The first kappa shape index (κ1) is 14.0. The number of benzene rings is 1. The summed E-state index contributed by atoms with van der Waals surface area (Å²) < 4.78 is 1.10. The van der Waals surface area contributed by atoms with Gasteiger partial charge in [0.05, 0.1) is 0 Å². The zero-order chi connectivity index (χ0) is 13.8. The average Bonchev–Trinajstić information content (AvgIpc) is 2.39. The zero-order valence-electron chi connectivity index (χ0n) is 11.5. The number of hydrogen-bond acceptors (Lipinski definition) is 3. The standard InChI is InChI=1S/C15H18BrN3/c1-4-7-17-14-9-11(3)18-15(19-14)12-5-6-13(16)10(2)8-12/h5-6,8-9H,4,7H2,1-3H3,(H,17,18,19). The third kappa shape index (κ3) is 3.53. The maximum Gasteiger partial charge on any atom is 0.161 e. The van der Waals surface area contributed by atoms with E-state index in [-0.39, 0.29) is 0 Å². The van der Waals surface area contributed by atoms with Crippen molar-refractivity contribution in [2.45, 2.75) is 27.2 Å². The van der Waals surface area contributed by atoms with Crippen LogP contribution in [0.2, 0.25) is 0 Å². The summed E-state index contributed by atoms with van der Waals surface area (Å²) in [5.74, 6) is 1.67. The van der Waals surface area contributed by atoms with Crippen molar-refractivity contribution >= 4 is 21.7 Å². The predicted molar refractivity (Wildman–Crippen MR) is 83.4 cm³/mol. The summed E-state index contributed by atoms with van der Waals surface area (Å²) >= 11 is 3.51. The lowest BCUT2D eigenvalue weighted by atomic mass is 10.1. The molecule has 0 aliphatic carbocycles. The van der Waals surface area contributed by atoms with Gasteiger partial charge in [-0.3, -0.25) is 0 Å². The topological polar surface area (TPSA) is 37.8 Å². The molecule has 0 spiro atoms. The molecule has 4 heteroatoms. The molecule has 19 heavy (non-hydrogen) atoms. The van der Waals surface area contributed by atoms with Crippen molar-refractivity contribution in [2.24, 2.45) is 0 Å². The molecule has 1 N–H and O–H groups in total. The first-order valence-corrected chi connectivity index (χ1v) is 7.25. The van der Waals surface area contributed by atoms with E-state index >= 15 is 0 Å². The minimum atomic E-state index is 0.772. The van der Waals surface area contributed by atoms with Crippen LogP contribution in [0.1, 0.15) is 24.6 Å². The second kappa shape index (κ2) is 6.15. The number of rotatable bonds is 4. The molecule has 2 aromatic rings. The van der Waals surface area contributed by atoms with Gasteiger partial charge in [0, 0.05) is 28.3 Å². The lowest BCUT2D eigenvalue weighted by molar-refractivity contribution is 0.962. The van der Waals surface area contributed by atoms with Gasteiger partial charge in [0.1, 0.15) is 5.82 Å². The Bertz CT molecular complexity index is 582. The summed E-state index contributed by atoms with van der Waals surface area (Å²) in [4.78, 5) is 9.09. The van der Waals surface area contributed by atoms with Crippen LogP contribution in [0.5, 0.6) is 0 Å². The smallest absolute Gasteiger partial charge is 0.161 e. The fourth-order valence-corrected chi connectivity index (χ4v) is 2.07. The Hall–Kier alpha value is -1.42. The highest BCUT2D eigenvalue weighted by molar-refractivity contribution is 9.10. The number of anilines is 1. The maximum atomic E-state index is 4.57. The van der Waals surface area contributed by atoms with Gasteiger partial charge in [-0.1, -0.05) is 28.9 Å². The van der Waals surface area contributed by atoms with Crippen LogP contribution in [-0.4, -0.2) is 16.5 Å². The molecule has 1 heterocycles. The van der Waals surface area contributed by atoms with Crippen LogP contribution in [-0.2, 0) is 0 Å². The summed E-state index contributed by atoms with van der Waals surface area (Å²) in [6.45, 7) is 7.13. The second-order valence-corrected chi connectivity index (χ2v) is 5.46. The number of halogens is 1. The third-order valence-electron chi connectivity index (χ3n) is 2.83. The molecule has 0 bridgehead atoms. The monoisotopic (exact) mass is 319 g/mol. The molecule has 0 aliphatic rings. The van der Waals surface area contributed by atoms with E-state index in [1.165, 1.54) is 5.56 Å². The molecule has 100 valence electrons. The van der Waals surface area contributed by atoms with E-state index in [0.29, 0.717) is 0 Å². The van der Waals surface area contributed by atoms with Crippen LogP contribution in [0.15, 0.2) is 28.7 Å². The van der Waals surface area contributed by atoms with Crippen molar-refractivity contribution in [3.05, 3.63) is 40.0 Å². The van der Waals surface area contributed by atoms with E-state index in [1.807, 2.05) is 25.1 Å². The SMILES string of the molecule is CCCNc1cc(C)nc(-c2ccc(Br)c(C)c2)n1. The normalized spacial score (nSPS) is 10.5. The quantitative estimate of drug-likeness (QED) is 0.910. The van der Waals surface area contributed by atoms with Gasteiger partial charge in [-0.2, -0.15) is 0 Å². The van der Waals surface area contributed by atoms with Crippen LogP contribution in [0, 0.1) is 13.8 Å². The van der Waals surface area contributed by atoms with Crippen LogP contribution in [0.4, 0.5) is 5.82 Å². The van der Waals surface area contributed by atoms with Gasteiger partial charge in [-0.05, 0) is 38.0 Å². The summed E-state index contributed by atoms with van der Waals surface area (Å²) in [6, 6.07) is 8.15. The molecule has 0 radical (unpaired) electrons. The summed E-state index contributed by atoms with van der Waals surface area (Å²) in [7, 11) is 0. The Morgan fingerprint density at radius 3 is 2.63 bits per heavy atom. The van der Waals surface area contributed by atoms with Crippen molar-refractivity contribution in [1.82, 2.24) is 9.97 Å². The summed E-state index contributed by atoms with van der Waals surface area (Å²) in [5.41, 5.74) is 3.21. The van der Waals surface area contributed by atoms with E-state index in [2.05, 4.69) is 51.1 Å². The van der Waals surface area contributed by atoms with Crippen LogP contribution in [0.25, 0.3) is 11.4 Å². The van der Waals surface area contributed by atoms with Crippen molar-refractivity contribution in [1.29, 1.82) is 0 Å². The van der Waals surface area contributed by atoms with E-state index < -0.39 is 0 Å². The van der Waals surface area contributed by atoms with Crippen molar-refractivity contribution in [3.63, 3.8) is 0 Å². The lowest BCUT2D eigenvalue weighted by Gasteiger charge is -2.08. The first-order valence-electron chi connectivity index (χ1n) is 6.46. The molecule has 1 aromatic heterocycles. The van der Waals surface area contributed by atoms with Gasteiger partial charge in [0.2, 0.25) is 0 Å². The van der Waals surface area contributed by atoms with E-state index in [9.17, 15) is 0 Å². The van der Waals surface area contributed by atoms with Gasteiger partial charge < -0.3 is 5.32 Å². The third-order valence-corrected chi connectivity index (χ3v) is 3.72. The average molecular weight is 320 g/mol. The molecule has 0 fully saturated rings. The number of aromatic nitrogens is 2. The first-order chi connectivity index (χ1) is 9.10. The molecular weight excluding hydrogens is 302 g/mol. The molecule has 0 aliphatic heterocycles. The molecule has 0 unspecified atom stereocenters. The van der Waals surface area contributed by atoms with Crippen molar-refractivity contribution in [3.8, 4) is 11.4 Å². The molecular formula is C15H18BrN3. The molecule has 0 atom stereocenters. The highest BCUT2D eigenvalue weighted by atomic mass is 79.9. The van der Waals surface area contributed by atoms with Gasteiger partial charge in [-0.15, -0.1) is 0 Å². The van der Waals surface area contributed by atoms with Gasteiger partial charge in [-0.25, -0.2) is 9.97 Å². The van der Waals surface area contributed by atoms with Gasteiger partial charge in [0.15, 0.2) is 5.82 Å². The number of nitrogens with zero attached hydrogens (tertiary/aromatic N) is 2. The number of nitrogens with one attached hydrogen (secondary N) is 1. The Morgan fingerprint density at radius 1 is 1.16 bits per heavy atom. The fraction of sp³-hybridized carbons (Fsp3) is 0.333. The van der Waals surface area contributed by atoms with Gasteiger partial charge >= 0.3 is 0 Å². The van der Waals surface area contributed by atoms with Crippen LogP contribution >= 0.6 is 15.9 Å². The van der Waals surface area contributed by atoms with Crippen molar-refractivity contribution in [2.75, 3.05) is 11.9 Å². The highest BCUT2D eigenvalue weighted by Gasteiger charge is 2.06.